The molecule has 2 nitrogen and oxygen atoms in total. The van der Waals surface area contributed by atoms with Crippen molar-refractivity contribution < 1.29 is 5.11 Å². The summed E-state index contributed by atoms with van der Waals surface area (Å²) in [7, 11) is 0. The summed E-state index contributed by atoms with van der Waals surface area (Å²) in [6, 6.07) is 7.55. The molecule has 2 rings (SSSR count). The molecule has 0 bridgehead atoms. The molecule has 2 N–H and O–H groups in total. The predicted molar refractivity (Wildman–Crippen MR) is 74.5 cm³/mol. The average Bonchev–Trinajstić information content (AvgIpc) is 2.33. The Morgan fingerprint density at radius 3 is 2.71 bits per heavy atom. The van der Waals surface area contributed by atoms with Crippen LogP contribution in [0.4, 0.5) is 0 Å². The molecule has 0 aromatic heterocycles. The van der Waals surface area contributed by atoms with Gasteiger partial charge >= 0.3 is 0 Å². The van der Waals surface area contributed by atoms with Crippen molar-refractivity contribution in [1.29, 1.82) is 0 Å². The van der Waals surface area contributed by atoms with Gasteiger partial charge in [-0.05, 0) is 55.7 Å². The normalized spacial score (nSPS) is 29.2. The lowest BCUT2D eigenvalue weighted by Gasteiger charge is -2.37. The number of hydrogen-bond acceptors (Lipinski definition) is 3. The van der Waals surface area contributed by atoms with Crippen LogP contribution < -0.4 is 5.32 Å². The number of phenols is 1. The van der Waals surface area contributed by atoms with E-state index in [9.17, 15) is 5.11 Å². The zero-order valence-corrected chi connectivity index (χ0v) is 11.4. The number of benzene rings is 1. The van der Waals surface area contributed by atoms with Gasteiger partial charge in [-0.25, -0.2) is 0 Å². The molecule has 1 aromatic carbocycles. The third kappa shape index (κ3) is 3.65. The van der Waals surface area contributed by atoms with Crippen LogP contribution in [0.5, 0.6) is 5.75 Å². The first-order chi connectivity index (χ1) is 8.07. The smallest absolute Gasteiger partial charge is 0.115 e. The lowest BCUT2D eigenvalue weighted by atomic mass is 10.0. The molecule has 1 aliphatic heterocycles. The summed E-state index contributed by atoms with van der Waals surface area (Å²) in [5.74, 6) is 2.37. The van der Waals surface area contributed by atoms with E-state index in [0.29, 0.717) is 5.75 Å². The number of phenolic OH excluding ortho intramolecular Hbond substituents is 1. The molecule has 1 aliphatic rings. The van der Waals surface area contributed by atoms with Crippen LogP contribution in [0.15, 0.2) is 24.3 Å². The second-order valence-corrected chi connectivity index (χ2v) is 6.72. The molecule has 2 unspecified atom stereocenters. The van der Waals surface area contributed by atoms with E-state index in [-0.39, 0.29) is 4.87 Å². The minimum absolute atomic E-state index is 0.213. The topological polar surface area (TPSA) is 32.3 Å². The molecule has 1 saturated heterocycles. The lowest BCUT2D eigenvalue weighted by Crippen LogP contribution is -2.46. The van der Waals surface area contributed by atoms with E-state index in [1.165, 1.54) is 11.3 Å². The Bertz CT molecular complexity index is 355. The number of nitrogens with one attached hydrogen (secondary N) is 1. The summed E-state index contributed by atoms with van der Waals surface area (Å²) in [6.45, 7) is 5.71. The van der Waals surface area contributed by atoms with E-state index >= 15 is 0 Å². The van der Waals surface area contributed by atoms with Crippen LogP contribution in [0.3, 0.4) is 0 Å². The van der Waals surface area contributed by atoms with Crippen molar-refractivity contribution in [1.82, 2.24) is 5.32 Å². The van der Waals surface area contributed by atoms with Gasteiger partial charge in [0.1, 0.15) is 5.75 Å². The Balaban J connectivity index is 1.87. The number of aryl methyl sites for hydroxylation is 1. The molecule has 2 atom stereocenters. The Kier molecular flexibility index (Phi) is 4.00. The summed E-state index contributed by atoms with van der Waals surface area (Å²) < 4.78 is 0. The van der Waals surface area contributed by atoms with E-state index in [2.05, 4.69) is 19.2 Å². The summed E-state index contributed by atoms with van der Waals surface area (Å²) >= 11 is 2.04. The molecular weight excluding hydrogens is 230 g/mol. The van der Waals surface area contributed by atoms with Gasteiger partial charge in [-0.3, -0.25) is 0 Å². The zero-order chi connectivity index (χ0) is 12.3. The quantitative estimate of drug-likeness (QED) is 0.866. The minimum Gasteiger partial charge on any atom is -0.508 e. The van der Waals surface area contributed by atoms with Gasteiger partial charge < -0.3 is 10.4 Å². The van der Waals surface area contributed by atoms with Crippen LogP contribution in [0.1, 0.15) is 25.8 Å². The van der Waals surface area contributed by atoms with E-state index in [4.69, 9.17) is 0 Å². The van der Waals surface area contributed by atoms with Gasteiger partial charge in [0.2, 0.25) is 0 Å². The molecular formula is C14H21NOS. The lowest BCUT2D eigenvalue weighted by molar-refractivity contribution is 0.412. The van der Waals surface area contributed by atoms with Crippen molar-refractivity contribution in [3.63, 3.8) is 0 Å². The van der Waals surface area contributed by atoms with Crippen LogP contribution in [0.2, 0.25) is 0 Å². The van der Waals surface area contributed by atoms with Crippen molar-refractivity contribution in [2.75, 3.05) is 12.3 Å². The Labute approximate surface area is 108 Å². The van der Waals surface area contributed by atoms with Crippen molar-refractivity contribution in [2.45, 2.75) is 31.6 Å². The van der Waals surface area contributed by atoms with E-state index < -0.39 is 0 Å². The minimum atomic E-state index is 0.213. The SMILES string of the molecule is CC1CNC(C)(CCc2ccc(O)cc2)SC1. The second kappa shape index (κ2) is 5.32. The third-order valence-electron chi connectivity index (χ3n) is 3.34. The third-order valence-corrected chi connectivity index (χ3v) is 5.06. The number of thioether (sulfide) groups is 1. The maximum absolute atomic E-state index is 9.24. The largest absolute Gasteiger partial charge is 0.508 e. The van der Waals surface area contributed by atoms with Crippen LogP contribution in [-0.2, 0) is 6.42 Å². The molecule has 0 saturated carbocycles. The summed E-state index contributed by atoms with van der Waals surface area (Å²) in [6.07, 6.45) is 2.19. The second-order valence-electron chi connectivity index (χ2n) is 5.19. The van der Waals surface area contributed by atoms with Gasteiger partial charge in [0.15, 0.2) is 0 Å². The molecule has 0 amide bonds. The van der Waals surface area contributed by atoms with Crippen molar-refractivity contribution in [3.8, 4) is 5.75 Å². The highest BCUT2D eigenvalue weighted by molar-refractivity contribution is 8.00. The van der Waals surface area contributed by atoms with Gasteiger partial charge in [-0.2, -0.15) is 0 Å². The molecule has 3 heteroatoms. The Morgan fingerprint density at radius 1 is 1.41 bits per heavy atom. The predicted octanol–water partition coefficient (Wildman–Crippen LogP) is 3.01. The van der Waals surface area contributed by atoms with E-state index in [1.54, 1.807) is 12.1 Å². The van der Waals surface area contributed by atoms with Gasteiger partial charge in [0.05, 0.1) is 4.87 Å². The Hall–Kier alpha value is -0.670. The van der Waals surface area contributed by atoms with E-state index in [0.717, 1.165) is 25.3 Å². The first kappa shape index (κ1) is 12.8. The van der Waals surface area contributed by atoms with E-state index in [1.807, 2.05) is 23.9 Å². The highest BCUT2D eigenvalue weighted by Gasteiger charge is 2.29. The van der Waals surface area contributed by atoms with Gasteiger partial charge in [0.25, 0.3) is 0 Å². The van der Waals surface area contributed by atoms with Gasteiger partial charge in [-0.15, -0.1) is 11.8 Å². The molecule has 0 aliphatic carbocycles. The fourth-order valence-corrected chi connectivity index (χ4v) is 3.23. The maximum Gasteiger partial charge on any atom is 0.115 e. The van der Waals surface area contributed by atoms with Gasteiger partial charge in [-0.1, -0.05) is 19.1 Å². The molecule has 0 radical (unpaired) electrons. The van der Waals surface area contributed by atoms with Crippen LogP contribution in [0.25, 0.3) is 0 Å². The molecule has 17 heavy (non-hydrogen) atoms. The molecule has 1 fully saturated rings. The highest BCUT2D eigenvalue weighted by atomic mass is 32.2. The number of rotatable bonds is 3. The average molecular weight is 251 g/mol. The number of hydrogen-bond donors (Lipinski definition) is 2. The van der Waals surface area contributed by atoms with Crippen molar-refractivity contribution >= 4 is 11.8 Å². The molecule has 0 spiro atoms. The number of aromatic hydroxyl groups is 1. The zero-order valence-electron chi connectivity index (χ0n) is 10.6. The van der Waals surface area contributed by atoms with Gasteiger partial charge in [0, 0.05) is 0 Å². The highest BCUT2D eigenvalue weighted by Crippen LogP contribution is 2.32. The van der Waals surface area contributed by atoms with Crippen LogP contribution in [0, 0.1) is 5.92 Å². The summed E-state index contributed by atoms with van der Waals surface area (Å²) in [5, 5.41) is 12.9. The molecule has 1 aromatic rings. The Morgan fingerprint density at radius 2 is 2.12 bits per heavy atom. The molecule has 94 valence electrons. The summed E-state index contributed by atoms with van der Waals surface area (Å²) in [5.41, 5.74) is 1.30. The summed E-state index contributed by atoms with van der Waals surface area (Å²) in [4.78, 5) is 0.213. The molecule has 1 heterocycles. The monoisotopic (exact) mass is 251 g/mol. The van der Waals surface area contributed by atoms with Crippen molar-refractivity contribution in [2.24, 2.45) is 5.92 Å². The first-order valence-corrected chi connectivity index (χ1v) is 7.23. The van der Waals surface area contributed by atoms with Crippen LogP contribution in [-0.4, -0.2) is 22.3 Å². The fourth-order valence-electron chi connectivity index (χ4n) is 2.03. The first-order valence-electron chi connectivity index (χ1n) is 6.24. The van der Waals surface area contributed by atoms with Crippen LogP contribution >= 0.6 is 11.8 Å². The standard InChI is InChI=1S/C14H21NOS/c1-11-9-15-14(2,17-10-11)8-7-12-3-5-13(16)6-4-12/h3-6,11,15-16H,7-10H2,1-2H3. The maximum atomic E-state index is 9.24. The van der Waals surface area contributed by atoms with Crippen molar-refractivity contribution in [3.05, 3.63) is 29.8 Å². The fraction of sp³-hybridized carbons (Fsp3) is 0.571.